The van der Waals surface area contributed by atoms with Gasteiger partial charge in [-0.3, -0.25) is 33.8 Å². The summed E-state index contributed by atoms with van der Waals surface area (Å²) in [4.78, 5) is 59.9. The molecule has 10 rings (SSSR count). The maximum Gasteiger partial charge on any atom is 0.329 e. The van der Waals surface area contributed by atoms with E-state index in [0.29, 0.717) is 55.9 Å². The quantitative estimate of drug-likeness (QED) is 0.185. The Bertz CT molecular complexity index is 2900. The standard InChI is InChI=1S/C42H40Cl2FN13O3/c1-52-33-22-34(32(45)21-28(33)38(51-52)57-15-11-35(59)49-42(57)61)55-13-9-25(10-14-55)24-53-17-19-54(20-18-53)27-7-5-26(6-8-27)48-40-47-23-29-37(50-40)56-16-12-46-41(56)58(39(29)60)36-30(43)3-2-4-31(36)44/h2-8,12,16,21-23,25H,9-11,13-15,17-20,24H2,1H3,(H,47,48,50)(H,49,59,61). The molecule has 3 saturated heterocycles. The molecule has 61 heavy (non-hydrogen) atoms. The molecule has 4 aromatic heterocycles. The number of imide groups is 1. The smallest absolute Gasteiger partial charge is 0.329 e. The van der Waals surface area contributed by atoms with Crippen molar-refractivity contribution >= 4 is 91.7 Å². The van der Waals surface area contributed by atoms with Crippen molar-refractivity contribution < 1.29 is 14.0 Å². The number of imidazole rings is 1. The zero-order valence-electron chi connectivity index (χ0n) is 33.1. The predicted molar refractivity (Wildman–Crippen MR) is 233 cm³/mol. The summed E-state index contributed by atoms with van der Waals surface area (Å²) in [6, 6.07) is 16.0. The summed E-state index contributed by atoms with van der Waals surface area (Å²) < 4.78 is 20.4. The number of anilines is 5. The molecule has 0 unspecified atom stereocenters. The number of halogens is 3. The molecule has 0 aliphatic carbocycles. The molecule has 3 fully saturated rings. The van der Waals surface area contributed by atoms with Gasteiger partial charge in [0.2, 0.25) is 17.6 Å². The maximum atomic E-state index is 15.7. The lowest BCUT2D eigenvalue weighted by atomic mass is 9.95. The van der Waals surface area contributed by atoms with E-state index in [1.807, 2.05) is 18.2 Å². The number of hydrogen-bond donors (Lipinski definition) is 2. The normalized spacial score (nSPS) is 17.0. The van der Waals surface area contributed by atoms with E-state index in [0.717, 1.165) is 75.5 Å². The first kappa shape index (κ1) is 38.9. The van der Waals surface area contributed by atoms with Gasteiger partial charge in [0.25, 0.3) is 5.56 Å². The second-order valence-corrected chi connectivity index (χ2v) is 16.5. The average molecular weight is 865 g/mol. The number of rotatable bonds is 8. The number of amides is 3. The van der Waals surface area contributed by atoms with E-state index in [4.69, 9.17) is 28.2 Å². The zero-order chi connectivity index (χ0) is 41.9. The van der Waals surface area contributed by atoms with Gasteiger partial charge in [-0.05, 0) is 67.3 Å². The highest BCUT2D eigenvalue weighted by molar-refractivity contribution is 6.37. The maximum absolute atomic E-state index is 15.7. The lowest BCUT2D eigenvalue weighted by molar-refractivity contribution is -0.120. The van der Waals surface area contributed by atoms with Crippen LogP contribution in [0.15, 0.2) is 78.0 Å². The van der Waals surface area contributed by atoms with Crippen LogP contribution in [0.2, 0.25) is 10.0 Å². The van der Waals surface area contributed by atoms with Crippen molar-refractivity contribution in [2.45, 2.75) is 19.3 Å². The topological polar surface area (TPSA) is 154 Å². The Hall–Kier alpha value is -6.30. The predicted octanol–water partition coefficient (Wildman–Crippen LogP) is 5.99. The van der Waals surface area contributed by atoms with Crippen molar-refractivity contribution in [1.82, 2.24) is 43.9 Å². The molecule has 7 aromatic rings. The van der Waals surface area contributed by atoms with Crippen LogP contribution in [0, 0.1) is 11.7 Å². The van der Waals surface area contributed by atoms with Gasteiger partial charge < -0.3 is 15.1 Å². The third-order valence-electron chi connectivity index (χ3n) is 12.0. The number of nitrogens with one attached hydrogen (secondary N) is 2. The average Bonchev–Trinajstić information content (AvgIpc) is 3.87. The zero-order valence-corrected chi connectivity index (χ0v) is 34.6. The molecule has 19 heteroatoms. The van der Waals surface area contributed by atoms with Crippen LogP contribution in [0.4, 0.5) is 38.0 Å². The number of aryl methyl sites for hydroxylation is 1. The van der Waals surface area contributed by atoms with E-state index >= 15 is 4.39 Å². The van der Waals surface area contributed by atoms with Gasteiger partial charge in [0.1, 0.15) is 11.2 Å². The highest BCUT2D eigenvalue weighted by Crippen LogP contribution is 2.35. The summed E-state index contributed by atoms with van der Waals surface area (Å²) >= 11 is 13.0. The molecule has 0 spiro atoms. The first-order valence-electron chi connectivity index (χ1n) is 20.2. The van der Waals surface area contributed by atoms with Crippen LogP contribution in [0.5, 0.6) is 0 Å². The van der Waals surface area contributed by atoms with E-state index in [9.17, 15) is 14.4 Å². The first-order valence-corrected chi connectivity index (χ1v) is 20.9. The number of hydrogen-bond acceptors (Lipinski definition) is 11. The number of urea groups is 1. The summed E-state index contributed by atoms with van der Waals surface area (Å²) in [5.41, 5.74) is 3.56. The minimum atomic E-state index is -0.543. The van der Waals surface area contributed by atoms with Crippen LogP contribution in [0.1, 0.15) is 19.3 Å². The number of benzene rings is 3. The van der Waals surface area contributed by atoms with E-state index in [1.54, 1.807) is 46.7 Å². The molecule has 7 heterocycles. The fraction of sp³-hybridized carbons (Fsp3) is 0.310. The van der Waals surface area contributed by atoms with Crippen molar-refractivity contribution in [2.24, 2.45) is 13.0 Å². The third-order valence-corrected chi connectivity index (χ3v) is 12.6. The summed E-state index contributed by atoms with van der Waals surface area (Å²) in [5, 5.41) is 11.6. The van der Waals surface area contributed by atoms with E-state index < -0.39 is 6.03 Å². The molecular formula is C42H40Cl2FN13O3. The monoisotopic (exact) mass is 863 g/mol. The lowest BCUT2D eigenvalue weighted by Crippen LogP contribution is -2.49. The van der Waals surface area contributed by atoms with Gasteiger partial charge in [-0.25, -0.2) is 23.7 Å². The molecule has 0 atom stereocenters. The van der Waals surface area contributed by atoms with Crippen molar-refractivity contribution in [1.29, 1.82) is 0 Å². The molecule has 16 nitrogen and oxygen atoms in total. The number of para-hydroxylation sites is 1. The van der Waals surface area contributed by atoms with Crippen LogP contribution in [-0.4, -0.2) is 103 Å². The summed E-state index contributed by atoms with van der Waals surface area (Å²) in [6.45, 7) is 6.44. The number of nitrogens with zero attached hydrogens (tertiary/aromatic N) is 11. The molecule has 312 valence electrons. The number of aromatic nitrogens is 7. The van der Waals surface area contributed by atoms with Crippen LogP contribution in [-0.2, 0) is 11.8 Å². The van der Waals surface area contributed by atoms with E-state index in [-0.39, 0.29) is 35.6 Å². The molecule has 0 saturated carbocycles. The Labute approximate surface area is 358 Å². The van der Waals surface area contributed by atoms with Gasteiger partial charge >= 0.3 is 6.03 Å². The molecule has 2 N–H and O–H groups in total. The minimum Gasteiger partial charge on any atom is -0.369 e. The second-order valence-electron chi connectivity index (χ2n) is 15.7. The van der Waals surface area contributed by atoms with Gasteiger partial charge in [-0.15, -0.1) is 0 Å². The number of piperazine rings is 1. The van der Waals surface area contributed by atoms with Crippen LogP contribution in [0.25, 0.3) is 33.4 Å². The van der Waals surface area contributed by atoms with Gasteiger partial charge in [-0.2, -0.15) is 10.1 Å². The molecule has 3 aromatic carbocycles. The van der Waals surface area contributed by atoms with Gasteiger partial charge in [-0.1, -0.05) is 29.3 Å². The van der Waals surface area contributed by atoms with Crippen molar-refractivity contribution in [2.75, 3.05) is 72.4 Å². The molecule has 3 aliphatic rings. The molecule has 3 aliphatic heterocycles. The molecule has 0 bridgehead atoms. The van der Waals surface area contributed by atoms with E-state index in [2.05, 4.69) is 52.5 Å². The summed E-state index contributed by atoms with van der Waals surface area (Å²) in [6.07, 6.45) is 6.91. The van der Waals surface area contributed by atoms with Crippen molar-refractivity contribution in [3.63, 3.8) is 0 Å². The van der Waals surface area contributed by atoms with Gasteiger partial charge in [0.15, 0.2) is 11.5 Å². The van der Waals surface area contributed by atoms with E-state index in [1.165, 1.54) is 21.7 Å². The van der Waals surface area contributed by atoms with Crippen LogP contribution < -0.4 is 30.9 Å². The Kier molecular flexibility index (Phi) is 9.96. The van der Waals surface area contributed by atoms with Gasteiger partial charge in [0, 0.05) is 101 Å². The fourth-order valence-corrected chi connectivity index (χ4v) is 9.33. The van der Waals surface area contributed by atoms with Crippen molar-refractivity contribution in [3.8, 4) is 5.69 Å². The number of carbonyl (C=O) groups excluding carboxylic acids is 2. The lowest BCUT2D eigenvalue weighted by Gasteiger charge is -2.40. The van der Waals surface area contributed by atoms with Gasteiger partial charge in [0.05, 0.1) is 26.9 Å². The largest absolute Gasteiger partial charge is 0.369 e. The molecular weight excluding hydrogens is 824 g/mol. The summed E-state index contributed by atoms with van der Waals surface area (Å²) in [5.74, 6) is 0.853. The first-order chi connectivity index (χ1) is 29.6. The van der Waals surface area contributed by atoms with Crippen molar-refractivity contribution in [3.05, 3.63) is 99.4 Å². The number of fused-ring (bicyclic) bond motifs is 4. The molecule has 3 amide bonds. The Balaban J connectivity index is 0.742. The number of carbonyl (C=O) groups is 2. The third kappa shape index (κ3) is 7.15. The Morgan fingerprint density at radius 3 is 2.38 bits per heavy atom. The highest BCUT2D eigenvalue weighted by atomic mass is 35.5. The fourth-order valence-electron chi connectivity index (χ4n) is 8.76. The summed E-state index contributed by atoms with van der Waals surface area (Å²) in [7, 11) is 1.78. The Morgan fingerprint density at radius 2 is 1.64 bits per heavy atom. The highest BCUT2D eigenvalue weighted by Gasteiger charge is 2.30. The Morgan fingerprint density at radius 1 is 0.885 bits per heavy atom. The number of piperidine rings is 1. The van der Waals surface area contributed by atoms with Crippen LogP contribution >= 0.6 is 23.2 Å². The van der Waals surface area contributed by atoms with Crippen LogP contribution in [0.3, 0.4) is 0 Å². The molecule has 0 radical (unpaired) electrons. The minimum absolute atomic E-state index is 0.169. The SMILES string of the molecule is Cn1nc(N2CCC(=O)NC2=O)c2cc(F)c(N3CCC(CN4CCN(c5ccc(Nc6ncc7c(=O)n(-c8c(Cl)cccc8Cl)c8nccn8c7n6)cc5)CC4)CC3)cc21. The second kappa shape index (κ2) is 15.6.